The van der Waals surface area contributed by atoms with Crippen LogP contribution < -0.4 is 16.0 Å². The average molecular weight is 568 g/mol. The van der Waals surface area contributed by atoms with Gasteiger partial charge in [0, 0.05) is 17.4 Å². The highest BCUT2D eigenvalue weighted by Gasteiger charge is 2.22. The third-order valence-corrected chi connectivity index (χ3v) is 7.77. The number of aromatic nitrogens is 2. The highest BCUT2D eigenvalue weighted by atomic mass is 35.5. The van der Waals surface area contributed by atoms with Crippen molar-refractivity contribution in [2.75, 3.05) is 21.7 Å². The van der Waals surface area contributed by atoms with Gasteiger partial charge < -0.3 is 16.0 Å². The van der Waals surface area contributed by atoms with Crippen molar-refractivity contribution in [1.82, 2.24) is 9.97 Å². The predicted molar refractivity (Wildman–Crippen MR) is 149 cm³/mol. The van der Waals surface area contributed by atoms with Crippen molar-refractivity contribution in [3.8, 4) is 0 Å². The molecule has 0 aliphatic heterocycles. The maximum atomic E-state index is 14.3. The summed E-state index contributed by atoms with van der Waals surface area (Å²) in [7, 11) is -3.64. The monoisotopic (exact) mass is 567 g/mol. The van der Waals surface area contributed by atoms with Crippen LogP contribution in [0.4, 0.5) is 33.2 Å². The van der Waals surface area contributed by atoms with Crippen LogP contribution in [0.1, 0.15) is 34.1 Å². The Labute approximate surface area is 229 Å². The number of carbonyl (C=O) groups is 2. The lowest BCUT2D eigenvalue weighted by Gasteiger charge is -2.16. The van der Waals surface area contributed by atoms with E-state index < -0.39 is 21.6 Å². The minimum atomic E-state index is -3.64. The van der Waals surface area contributed by atoms with E-state index in [9.17, 15) is 22.4 Å². The fourth-order valence-electron chi connectivity index (χ4n) is 3.62. The van der Waals surface area contributed by atoms with E-state index in [1.165, 1.54) is 24.4 Å². The summed E-state index contributed by atoms with van der Waals surface area (Å²) in [5.74, 6) is -1.55. The number of hydrogen-bond acceptors (Lipinski definition) is 8. The fourth-order valence-corrected chi connectivity index (χ4v) is 5.33. The van der Waals surface area contributed by atoms with Crippen LogP contribution in [0.2, 0.25) is 5.02 Å². The van der Waals surface area contributed by atoms with Gasteiger partial charge in [0.25, 0.3) is 5.91 Å². The smallest absolute Gasteiger partial charge is 0.261 e. The molecule has 0 fully saturated rings. The zero-order valence-corrected chi connectivity index (χ0v) is 22.2. The summed E-state index contributed by atoms with van der Waals surface area (Å²) < 4.78 is 40.1. The van der Waals surface area contributed by atoms with E-state index in [0.717, 1.165) is 6.07 Å². The van der Waals surface area contributed by atoms with Gasteiger partial charge in [0.15, 0.2) is 9.84 Å². The summed E-state index contributed by atoms with van der Waals surface area (Å²) in [6, 6.07) is 16.7. The lowest BCUT2D eigenvalue weighted by molar-refractivity contribution is 0.102. The molecule has 0 spiro atoms. The number of anilines is 5. The Hall–Kier alpha value is -4.35. The normalized spacial score (nSPS) is 11.1. The van der Waals surface area contributed by atoms with E-state index in [4.69, 9.17) is 11.6 Å². The van der Waals surface area contributed by atoms with Crippen LogP contribution in [0.25, 0.3) is 0 Å². The van der Waals surface area contributed by atoms with Gasteiger partial charge >= 0.3 is 0 Å². The van der Waals surface area contributed by atoms with Crippen LogP contribution in [0, 0.1) is 5.82 Å². The maximum absolute atomic E-state index is 14.3. The molecule has 1 aromatic heterocycles. The molecule has 0 radical (unpaired) electrons. The molecule has 9 nitrogen and oxygen atoms in total. The lowest BCUT2D eigenvalue weighted by atomic mass is 10.2. The number of aldehydes is 1. The first kappa shape index (κ1) is 27.7. The largest absolute Gasteiger partial charge is 0.338 e. The van der Waals surface area contributed by atoms with Crippen molar-refractivity contribution in [3.05, 3.63) is 94.9 Å². The number of sulfone groups is 1. The lowest BCUT2D eigenvalue weighted by Crippen LogP contribution is -2.18. The number of para-hydroxylation sites is 2. The average Bonchev–Trinajstić information content (AvgIpc) is 2.91. The van der Waals surface area contributed by atoms with Crippen LogP contribution >= 0.6 is 11.6 Å². The van der Waals surface area contributed by atoms with Crippen LogP contribution in [-0.2, 0) is 9.84 Å². The molecule has 3 N–H and O–H groups in total. The number of rotatable bonds is 10. The Balaban J connectivity index is 1.75. The number of benzene rings is 3. The number of carbonyl (C=O) groups excluding carboxylic acids is 2. The third-order valence-electron chi connectivity index (χ3n) is 5.49. The second kappa shape index (κ2) is 12.0. The summed E-state index contributed by atoms with van der Waals surface area (Å²) in [5.41, 5.74) is 0.918. The molecule has 4 rings (SSSR count). The van der Waals surface area contributed by atoms with Crippen molar-refractivity contribution in [2.45, 2.75) is 18.2 Å². The van der Waals surface area contributed by atoms with Crippen molar-refractivity contribution < 1.29 is 22.4 Å². The van der Waals surface area contributed by atoms with Crippen molar-refractivity contribution in [1.29, 1.82) is 0 Å². The minimum Gasteiger partial charge on any atom is -0.338 e. The first-order valence-corrected chi connectivity index (χ1v) is 13.8. The Morgan fingerprint density at radius 1 is 1.03 bits per heavy atom. The van der Waals surface area contributed by atoms with Crippen LogP contribution in [0.15, 0.2) is 77.8 Å². The van der Waals surface area contributed by atoms with Crippen molar-refractivity contribution in [2.24, 2.45) is 0 Å². The molecule has 0 saturated heterocycles. The van der Waals surface area contributed by atoms with Gasteiger partial charge in [-0.2, -0.15) is 4.98 Å². The number of amides is 1. The van der Waals surface area contributed by atoms with Gasteiger partial charge in [-0.05, 0) is 55.0 Å². The molecule has 0 saturated carbocycles. The van der Waals surface area contributed by atoms with E-state index in [0.29, 0.717) is 24.0 Å². The van der Waals surface area contributed by atoms with Gasteiger partial charge in [-0.25, -0.2) is 17.8 Å². The zero-order valence-electron chi connectivity index (χ0n) is 20.6. The molecule has 3 aromatic carbocycles. The Morgan fingerprint density at radius 2 is 1.77 bits per heavy atom. The Bertz CT molecular complexity index is 1610. The van der Waals surface area contributed by atoms with Gasteiger partial charge in [0.2, 0.25) is 5.95 Å². The van der Waals surface area contributed by atoms with Crippen LogP contribution in [-0.4, -0.2) is 36.3 Å². The van der Waals surface area contributed by atoms with E-state index >= 15 is 0 Å². The Morgan fingerprint density at radius 3 is 2.46 bits per heavy atom. The second-order valence-corrected chi connectivity index (χ2v) is 10.8. The van der Waals surface area contributed by atoms with Crippen LogP contribution in [0.5, 0.6) is 0 Å². The highest BCUT2D eigenvalue weighted by Crippen LogP contribution is 2.30. The molecular formula is C27H23ClFN5O4S. The number of hydrogen-bond donors (Lipinski definition) is 3. The summed E-state index contributed by atoms with van der Waals surface area (Å²) in [4.78, 5) is 32.8. The topological polar surface area (TPSA) is 130 Å². The summed E-state index contributed by atoms with van der Waals surface area (Å²) >= 11 is 6.07. The SMILES string of the molecule is CCCS(=O)(=O)c1ccccc1Nc1nc(Nc2ccc(C=O)cc2)ncc1C(=O)Nc1c(F)cccc1Cl. The van der Waals surface area contributed by atoms with Crippen molar-refractivity contribution in [3.63, 3.8) is 0 Å². The molecule has 39 heavy (non-hydrogen) atoms. The number of halogens is 2. The van der Waals surface area contributed by atoms with E-state index in [-0.39, 0.29) is 44.4 Å². The molecule has 200 valence electrons. The Kier molecular flexibility index (Phi) is 8.52. The van der Waals surface area contributed by atoms with Gasteiger partial charge in [-0.15, -0.1) is 0 Å². The summed E-state index contributed by atoms with van der Waals surface area (Å²) in [6.07, 6.45) is 2.34. The first-order chi connectivity index (χ1) is 18.7. The molecule has 0 unspecified atom stereocenters. The highest BCUT2D eigenvalue weighted by molar-refractivity contribution is 7.91. The molecule has 12 heteroatoms. The summed E-state index contributed by atoms with van der Waals surface area (Å²) in [5, 5.41) is 8.34. The van der Waals surface area contributed by atoms with Gasteiger partial charge in [-0.3, -0.25) is 9.59 Å². The molecular weight excluding hydrogens is 545 g/mol. The van der Waals surface area contributed by atoms with Gasteiger partial charge in [-0.1, -0.05) is 36.7 Å². The molecule has 0 atom stereocenters. The van der Waals surface area contributed by atoms with E-state index in [1.807, 2.05) is 0 Å². The second-order valence-electron chi connectivity index (χ2n) is 8.31. The molecule has 1 heterocycles. The first-order valence-electron chi connectivity index (χ1n) is 11.8. The van der Waals surface area contributed by atoms with Gasteiger partial charge in [0.1, 0.15) is 23.5 Å². The van der Waals surface area contributed by atoms with E-state index in [1.54, 1.807) is 49.4 Å². The van der Waals surface area contributed by atoms with E-state index in [2.05, 4.69) is 25.9 Å². The molecule has 1 amide bonds. The van der Waals surface area contributed by atoms with Crippen LogP contribution in [0.3, 0.4) is 0 Å². The fraction of sp³-hybridized carbons (Fsp3) is 0.111. The number of nitrogens with one attached hydrogen (secondary N) is 3. The predicted octanol–water partition coefficient (Wildman–Crippen LogP) is 6.00. The van der Waals surface area contributed by atoms with Gasteiger partial charge in [0.05, 0.1) is 27.0 Å². The molecule has 0 aliphatic carbocycles. The number of nitrogens with zero attached hydrogens (tertiary/aromatic N) is 2. The third kappa shape index (κ3) is 6.57. The summed E-state index contributed by atoms with van der Waals surface area (Å²) in [6.45, 7) is 1.76. The molecule has 0 aliphatic rings. The molecule has 0 bridgehead atoms. The molecule has 4 aromatic rings. The quantitative estimate of drug-likeness (QED) is 0.199. The standard InChI is InChI=1S/C27H23ClFN5O4S/c1-2-14-39(37,38)23-9-4-3-8-22(23)32-25-19(26(36)33-24-20(28)6-5-7-21(24)29)15-30-27(34-25)31-18-12-10-17(16-35)11-13-18/h3-13,15-16H,2,14H2,1H3,(H,33,36)(H2,30,31,32,34). The minimum absolute atomic E-state index is 0.00756. The van der Waals surface area contributed by atoms with Crippen molar-refractivity contribution >= 4 is 62.5 Å². The maximum Gasteiger partial charge on any atom is 0.261 e. The zero-order chi connectivity index (χ0) is 28.0.